The van der Waals surface area contributed by atoms with Crippen LogP contribution in [0.1, 0.15) is 23.0 Å². The van der Waals surface area contributed by atoms with Gasteiger partial charge in [0.05, 0.1) is 23.6 Å². The Morgan fingerprint density at radius 3 is 2.90 bits per heavy atom. The van der Waals surface area contributed by atoms with Crippen molar-refractivity contribution in [2.24, 2.45) is 0 Å². The van der Waals surface area contributed by atoms with Gasteiger partial charge in [0.25, 0.3) is 0 Å². The van der Waals surface area contributed by atoms with E-state index in [0.29, 0.717) is 33.7 Å². The summed E-state index contributed by atoms with van der Waals surface area (Å²) in [7, 11) is 0. The molecule has 0 aliphatic heterocycles. The maximum atomic E-state index is 11.6. The SMILES string of the molecule is CCOC(=O)c1cnc(Sc2ncccc2N)nc1C. The minimum Gasteiger partial charge on any atom is -0.462 e. The maximum absolute atomic E-state index is 11.6. The zero-order chi connectivity index (χ0) is 14.5. The van der Waals surface area contributed by atoms with Crippen LogP contribution in [0.5, 0.6) is 0 Å². The third kappa shape index (κ3) is 3.24. The largest absolute Gasteiger partial charge is 0.462 e. The fraction of sp³-hybridized carbons (Fsp3) is 0.231. The lowest BCUT2D eigenvalue weighted by molar-refractivity contribution is 0.0524. The third-order valence-electron chi connectivity index (χ3n) is 2.44. The standard InChI is InChI=1S/C13H14N4O2S/c1-3-19-12(18)9-7-16-13(17-8(9)2)20-11-10(14)5-4-6-15-11/h4-7H,3,14H2,1-2H3. The van der Waals surface area contributed by atoms with Crippen molar-refractivity contribution in [2.45, 2.75) is 24.0 Å². The Balaban J connectivity index is 2.21. The zero-order valence-electron chi connectivity index (χ0n) is 11.2. The summed E-state index contributed by atoms with van der Waals surface area (Å²) < 4.78 is 4.93. The van der Waals surface area contributed by atoms with Crippen LogP contribution in [0.25, 0.3) is 0 Å². The van der Waals surface area contributed by atoms with Crippen LogP contribution in [0.4, 0.5) is 5.69 Å². The molecule has 0 fully saturated rings. The fourth-order valence-electron chi connectivity index (χ4n) is 1.48. The van der Waals surface area contributed by atoms with Crippen LogP contribution in [-0.4, -0.2) is 27.5 Å². The van der Waals surface area contributed by atoms with Gasteiger partial charge in [-0.2, -0.15) is 0 Å². The number of pyridine rings is 1. The van der Waals surface area contributed by atoms with Gasteiger partial charge in [-0.15, -0.1) is 0 Å². The molecule has 6 nitrogen and oxygen atoms in total. The van der Waals surface area contributed by atoms with Crippen LogP contribution in [0.2, 0.25) is 0 Å². The number of aryl methyl sites for hydroxylation is 1. The Morgan fingerprint density at radius 1 is 1.45 bits per heavy atom. The molecule has 0 saturated carbocycles. The van der Waals surface area contributed by atoms with Crippen molar-refractivity contribution in [2.75, 3.05) is 12.3 Å². The van der Waals surface area contributed by atoms with Crippen LogP contribution in [0.3, 0.4) is 0 Å². The van der Waals surface area contributed by atoms with Crippen LogP contribution in [-0.2, 0) is 4.74 Å². The zero-order valence-corrected chi connectivity index (χ0v) is 12.0. The smallest absolute Gasteiger partial charge is 0.341 e. The topological polar surface area (TPSA) is 91.0 Å². The molecule has 20 heavy (non-hydrogen) atoms. The first-order chi connectivity index (χ1) is 9.61. The molecule has 7 heteroatoms. The van der Waals surface area contributed by atoms with E-state index in [1.54, 1.807) is 32.2 Å². The average molecular weight is 290 g/mol. The summed E-state index contributed by atoms with van der Waals surface area (Å²) in [5.74, 6) is -0.418. The number of carbonyl (C=O) groups is 1. The fourth-order valence-corrected chi connectivity index (χ4v) is 2.24. The van der Waals surface area contributed by atoms with Gasteiger partial charge in [-0.25, -0.2) is 19.7 Å². The van der Waals surface area contributed by atoms with Gasteiger partial charge in [0, 0.05) is 12.4 Å². The van der Waals surface area contributed by atoms with E-state index in [1.807, 2.05) is 0 Å². The van der Waals surface area contributed by atoms with Crippen molar-refractivity contribution in [3.05, 3.63) is 35.8 Å². The second-order valence-corrected chi connectivity index (χ2v) is 4.83. The lowest BCUT2D eigenvalue weighted by atomic mass is 10.2. The second-order valence-electron chi connectivity index (χ2n) is 3.87. The average Bonchev–Trinajstić information content (AvgIpc) is 2.42. The molecule has 2 aromatic rings. The van der Waals surface area contributed by atoms with E-state index in [4.69, 9.17) is 10.5 Å². The van der Waals surface area contributed by atoms with E-state index in [2.05, 4.69) is 15.0 Å². The summed E-state index contributed by atoms with van der Waals surface area (Å²) in [5, 5.41) is 1.12. The Bertz CT molecular complexity index is 634. The number of carbonyl (C=O) groups excluding carboxylic acids is 1. The summed E-state index contributed by atoms with van der Waals surface area (Å²) in [4.78, 5) is 24.2. The molecule has 2 N–H and O–H groups in total. The number of ether oxygens (including phenoxy) is 1. The van der Waals surface area contributed by atoms with E-state index >= 15 is 0 Å². The van der Waals surface area contributed by atoms with E-state index in [1.165, 1.54) is 18.0 Å². The first kappa shape index (κ1) is 14.3. The van der Waals surface area contributed by atoms with Gasteiger partial charge in [-0.1, -0.05) is 0 Å². The van der Waals surface area contributed by atoms with Crippen LogP contribution >= 0.6 is 11.8 Å². The summed E-state index contributed by atoms with van der Waals surface area (Å²) in [5.41, 5.74) is 7.31. The highest BCUT2D eigenvalue weighted by Crippen LogP contribution is 2.27. The molecule has 0 unspecified atom stereocenters. The summed E-state index contributed by atoms with van der Waals surface area (Å²) >= 11 is 1.25. The maximum Gasteiger partial charge on any atom is 0.341 e. The Kier molecular flexibility index (Phi) is 4.52. The molecule has 2 heterocycles. The molecule has 0 aliphatic rings. The molecule has 0 saturated heterocycles. The quantitative estimate of drug-likeness (QED) is 0.681. The monoisotopic (exact) mass is 290 g/mol. The molecule has 104 valence electrons. The third-order valence-corrected chi connectivity index (χ3v) is 3.35. The highest BCUT2D eigenvalue weighted by atomic mass is 32.2. The van der Waals surface area contributed by atoms with Crippen molar-refractivity contribution in [3.63, 3.8) is 0 Å². The van der Waals surface area contributed by atoms with Gasteiger partial charge in [-0.3, -0.25) is 0 Å². The number of hydrogen-bond donors (Lipinski definition) is 1. The number of nitrogens with two attached hydrogens (primary N) is 1. The molecular weight excluding hydrogens is 276 g/mol. The first-order valence-corrected chi connectivity index (χ1v) is 6.82. The molecule has 0 aromatic carbocycles. The van der Waals surface area contributed by atoms with E-state index in [-0.39, 0.29) is 0 Å². The predicted octanol–water partition coefficient (Wildman–Crippen LogP) is 2.09. The highest BCUT2D eigenvalue weighted by Gasteiger charge is 2.14. The number of esters is 1. The Labute approximate surface area is 120 Å². The Morgan fingerprint density at radius 2 is 2.25 bits per heavy atom. The van der Waals surface area contributed by atoms with Crippen molar-refractivity contribution >= 4 is 23.4 Å². The molecule has 0 spiro atoms. The highest BCUT2D eigenvalue weighted by molar-refractivity contribution is 7.99. The van der Waals surface area contributed by atoms with Gasteiger partial charge in [0.15, 0.2) is 5.16 Å². The van der Waals surface area contributed by atoms with E-state index < -0.39 is 5.97 Å². The minimum atomic E-state index is -0.418. The van der Waals surface area contributed by atoms with Gasteiger partial charge < -0.3 is 10.5 Å². The van der Waals surface area contributed by atoms with Crippen LogP contribution < -0.4 is 5.73 Å². The van der Waals surface area contributed by atoms with E-state index in [9.17, 15) is 4.79 Å². The van der Waals surface area contributed by atoms with Crippen molar-refractivity contribution < 1.29 is 9.53 Å². The number of aromatic nitrogens is 3. The number of rotatable bonds is 4. The van der Waals surface area contributed by atoms with Crippen molar-refractivity contribution in [3.8, 4) is 0 Å². The molecule has 0 aliphatic carbocycles. The first-order valence-electron chi connectivity index (χ1n) is 6.01. The molecule has 0 bridgehead atoms. The number of nitrogens with zero attached hydrogens (tertiary/aromatic N) is 3. The minimum absolute atomic E-state index is 0.319. The molecule has 2 rings (SSSR count). The van der Waals surface area contributed by atoms with Crippen molar-refractivity contribution in [1.29, 1.82) is 0 Å². The summed E-state index contributed by atoms with van der Waals surface area (Å²) in [6, 6.07) is 3.52. The molecule has 0 atom stereocenters. The van der Waals surface area contributed by atoms with Gasteiger partial charge in [0.1, 0.15) is 5.03 Å². The number of anilines is 1. The normalized spacial score (nSPS) is 10.3. The van der Waals surface area contributed by atoms with E-state index in [0.717, 1.165) is 0 Å². The molecule has 2 aromatic heterocycles. The van der Waals surface area contributed by atoms with Crippen molar-refractivity contribution in [1.82, 2.24) is 15.0 Å². The summed E-state index contributed by atoms with van der Waals surface area (Å²) in [6.07, 6.45) is 3.11. The summed E-state index contributed by atoms with van der Waals surface area (Å²) in [6.45, 7) is 3.81. The van der Waals surface area contributed by atoms with Crippen LogP contribution in [0.15, 0.2) is 34.7 Å². The number of nitrogen functional groups attached to an aromatic ring is 1. The van der Waals surface area contributed by atoms with Crippen LogP contribution in [0, 0.1) is 6.92 Å². The predicted molar refractivity (Wildman–Crippen MR) is 75.5 cm³/mol. The van der Waals surface area contributed by atoms with Gasteiger partial charge in [-0.05, 0) is 37.7 Å². The molecular formula is C13H14N4O2S. The van der Waals surface area contributed by atoms with Gasteiger partial charge >= 0.3 is 5.97 Å². The lowest BCUT2D eigenvalue weighted by Crippen LogP contribution is -2.09. The molecule has 0 amide bonds. The number of hydrogen-bond acceptors (Lipinski definition) is 7. The Hall–Kier alpha value is -2.15. The lowest BCUT2D eigenvalue weighted by Gasteiger charge is -2.06. The molecule has 0 radical (unpaired) electrons. The van der Waals surface area contributed by atoms with Gasteiger partial charge in [0.2, 0.25) is 0 Å². The second kappa shape index (κ2) is 6.33.